The summed E-state index contributed by atoms with van der Waals surface area (Å²) in [5, 5.41) is 9.79. The van der Waals surface area contributed by atoms with Crippen LogP contribution in [0.1, 0.15) is 0 Å². The standard InChI is InChI=1S/C42H26O/c1-2-13-27(14-3-1)37-26-29(25-28-15-4-5-16-30(28)37)40-31-17-6-8-19-33(31)41(34-20-9-7-18-32(34)40)36-22-12-24-39-42(36)35-21-10-11-23-38(35)43-39/h1-26H. The predicted molar refractivity (Wildman–Crippen MR) is 183 cm³/mol. The number of hydrogen-bond donors (Lipinski definition) is 0. The van der Waals surface area contributed by atoms with Gasteiger partial charge in [-0.15, -0.1) is 0 Å². The molecule has 9 aromatic rings. The molecule has 1 heterocycles. The molecule has 1 aromatic heterocycles. The van der Waals surface area contributed by atoms with E-state index in [-0.39, 0.29) is 0 Å². The number of furan rings is 1. The normalized spacial score (nSPS) is 11.7. The van der Waals surface area contributed by atoms with Crippen molar-refractivity contribution in [3.63, 3.8) is 0 Å². The first-order valence-electron chi connectivity index (χ1n) is 14.8. The summed E-state index contributed by atoms with van der Waals surface area (Å²) < 4.78 is 6.33. The second kappa shape index (κ2) is 9.44. The van der Waals surface area contributed by atoms with Crippen LogP contribution in [-0.2, 0) is 0 Å². The molecule has 0 unspecified atom stereocenters. The summed E-state index contributed by atoms with van der Waals surface area (Å²) in [7, 11) is 0. The van der Waals surface area contributed by atoms with Crippen molar-refractivity contribution in [2.24, 2.45) is 0 Å². The largest absolute Gasteiger partial charge is 0.456 e. The van der Waals surface area contributed by atoms with Gasteiger partial charge < -0.3 is 4.42 Å². The van der Waals surface area contributed by atoms with Crippen LogP contribution in [-0.4, -0.2) is 0 Å². The van der Waals surface area contributed by atoms with E-state index in [1.165, 1.54) is 71.1 Å². The molecule has 0 bridgehead atoms. The molecule has 43 heavy (non-hydrogen) atoms. The van der Waals surface area contributed by atoms with Crippen molar-refractivity contribution < 1.29 is 4.42 Å². The Labute approximate surface area is 249 Å². The van der Waals surface area contributed by atoms with Crippen molar-refractivity contribution in [1.29, 1.82) is 0 Å². The van der Waals surface area contributed by atoms with E-state index in [1.54, 1.807) is 0 Å². The van der Waals surface area contributed by atoms with Crippen LogP contribution in [0.15, 0.2) is 162 Å². The third-order valence-corrected chi connectivity index (χ3v) is 8.84. The van der Waals surface area contributed by atoms with Gasteiger partial charge in [0.2, 0.25) is 0 Å². The molecule has 0 amide bonds. The Morgan fingerprint density at radius 1 is 0.326 bits per heavy atom. The molecule has 200 valence electrons. The highest BCUT2D eigenvalue weighted by molar-refractivity contribution is 6.26. The van der Waals surface area contributed by atoms with E-state index in [1.807, 2.05) is 6.07 Å². The molecule has 1 heteroatoms. The summed E-state index contributed by atoms with van der Waals surface area (Å²) in [4.78, 5) is 0. The Bertz CT molecular complexity index is 2440. The molecule has 1 nitrogen and oxygen atoms in total. The number of benzene rings is 8. The molecule has 0 radical (unpaired) electrons. The van der Waals surface area contributed by atoms with E-state index < -0.39 is 0 Å². The number of hydrogen-bond acceptors (Lipinski definition) is 1. The van der Waals surface area contributed by atoms with E-state index in [9.17, 15) is 0 Å². The first kappa shape index (κ1) is 24.0. The van der Waals surface area contributed by atoms with E-state index in [2.05, 4.69) is 152 Å². The van der Waals surface area contributed by atoms with Gasteiger partial charge in [-0.2, -0.15) is 0 Å². The third kappa shape index (κ3) is 3.65. The predicted octanol–water partition coefficient (Wildman–Crippen LogP) is 12.0. The molecule has 0 saturated carbocycles. The zero-order valence-electron chi connectivity index (χ0n) is 23.4. The zero-order chi connectivity index (χ0) is 28.3. The Balaban J connectivity index is 1.43. The number of para-hydroxylation sites is 1. The van der Waals surface area contributed by atoms with E-state index >= 15 is 0 Å². The summed E-state index contributed by atoms with van der Waals surface area (Å²) in [6.07, 6.45) is 0. The van der Waals surface area contributed by atoms with Crippen molar-refractivity contribution in [2.45, 2.75) is 0 Å². The molecule has 0 saturated heterocycles. The van der Waals surface area contributed by atoms with Gasteiger partial charge in [0.25, 0.3) is 0 Å². The van der Waals surface area contributed by atoms with Gasteiger partial charge in [0.15, 0.2) is 0 Å². The van der Waals surface area contributed by atoms with Crippen LogP contribution in [0.4, 0.5) is 0 Å². The second-order valence-electron chi connectivity index (χ2n) is 11.2. The SMILES string of the molecule is c1ccc(-c2cc(-c3c4ccccc4c(-c4cccc5oc6ccccc6c45)c4ccccc34)cc3ccccc23)cc1. The van der Waals surface area contributed by atoms with Crippen molar-refractivity contribution in [3.8, 4) is 33.4 Å². The molecule has 0 spiro atoms. The van der Waals surface area contributed by atoms with E-state index in [0.717, 1.165) is 16.6 Å². The van der Waals surface area contributed by atoms with Crippen molar-refractivity contribution in [3.05, 3.63) is 158 Å². The maximum atomic E-state index is 6.33. The van der Waals surface area contributed by atoms with Gasteiger partial charge in [0, 0.05) is 10.8 Å². The van der Waals surface area contributed by atoms with Crippen LogP contribution in [0.2, 0.25) is 0 Å². The van der Waals surface area contributed by atoms with Crippen LogP contribution in [0, 0.1) is 0 Å². The van der Waals surface area contributed by atoms with Crippen LogP contribution in [0.25, 0.3) is 87.6 Å². The average Bonchev–Trinajstić information content (AvgIpc) is 3.46. The minimum Gasteiger partial charge on any atom is -0.456 e. The molecular formula is C42H26O. The summed E-state index contributed by atoms with van der Waals surface area (Å²) in [6.45, 7) is 0. The lowest BCUT2D eigenvalue weighted by molar-refractivity contribution is 0.669. The molecule has 0 aliphatic heterocycles. The maximum Gasteiger partial charge on any atom is 0.136 e. The summed E-state index contributed by atoms with van der Waals surface area (Å²) in [5.41, 5.74) is 9.24. The number of rotatable bonds is 3. The highest BCUT2D eigenvalue weighted by Crippen LogP contribution is 2.47. The summed E-state index contributed by atoms with van der Waals surface area (Å²) in [6, 6.07) is 56.8. The quantitative estimate of drug-likeness (QED) is 0.201. The second-order valence-corrected chi connectivity index (χ2v) is 11.2. The third-order valence-electron chi connectivity index (χ3n) is 8.84. The van der Waals surface area contributed by atoms with Gasteiger partial charge in [-0.3, -0.25) is 0 Å². The summed E-state index contributed by atoms with van der Waals surface area (Å²) >= 11 is 0. The van der Waals surface area contributed by atoms with Gasteiger partial charge in [-0.25, -0.2) is 0 Å². The van der Waals surface area contributed by atoms with Gasteiger partial charge in [-0.05, 0) is 90.0 Å². The van der Waals surface area contributed by atoms with Crippen LogP contribution >= 0.6 is 0 Å². The summed E-state index contributed by atoms with van der Waals surface area (Å²) in [5.74, 6) is 0. The zero-order valence-corrected chi connectivity index (χ0v) is 23.4. The lowest BCUT2D eigenvalue weighted by Crippen LogP contribution is -1.92. The van der Waals surface area contributed by atoms with Crippen molar-refractivity contribution in [1.82, 2.24) is 0 Å². The minimum atomic E-state index is 0.915. The monoisotopic (exact) mass is 546 g/mol. The Morgan fingerprint density at radius 3 is 1.60 bits per heavy atom. The number of fused-ring (bicyclic) bond motifs is 6. The minimum absolute atomic E-state index is 0.915. The molecule has 8 aromatic carbocycles. The average molecular weight is 547 g/mol. The van der Waals surface area contributed by atoms with Crippen molar-refractivity contribution in [2.75, 3.05) is 0 Å². The molecule has 0 atom stereocenters. The fourth-order valence-corrected chi connectivity index (χ4v) is 7.02. The lowest BCUT2D eigenvalue weighted by atomic mass is 9.83. The first-order chi connectivity index (χ1) is 21.3. The Kier molecular flexibility index (Phi) is 5.27. The molecular weight excluding hydrogens is 520 g/mol. The molecule has 0 N–H and O–H groups in total. The highest BCUT2D eigenvalue weighted by Gasteiger charge is 2.20. The first-order valence-corrected chi connectivity index (χ1v) is 14.8. The smallest absolute Gasteiger partial charge is 0.136 e. The Morgan fingerprint density at radius 2 is 0.884 bits per heavy atom. The van der Waals surface area contributed by atoms with Crippen LogP contribution < -0.4 is 0 Å². The van der Waals surface area contributed by atoms with Gasteiger partial charge >= 0.3 is 0 Å². The topological polar surface area (TPSA) is 13.1 Å². The van der Waals surface area contributed by atoms with E-state index in [4.69, 9.17) is 4.42 Å². The van der Waals surface area contributed by atoms with E-state index in [0.29, 0.717) is 0 Å². The van der Waals surface area contributed by atoms with Gasteiger partial charge in [-0.1, -0.05) is 133 Å². The fourth-order valence-electron chi connectivity index (χ4n) is 7.02. The highest BCUT2D eigenvalue weighted by atomic mass is 16.3. The van der Waals surface area contributed by atoms with Crippen LogP contribution in [0.3, 0.4) is 0 Å². The lowest BCUT2D eigenvalue weighted by Gasteiger charge is -2.19. The fraction of sp³-hybridized carbons (Fsp3) is 0. The van der Waals surface area contributed by atoms with Crippen LogP contribution in [0.5, 0.6) is 0 Å². The molecule has 9 rings (SSSR count). The van der Waals surface area contributed by atoms with Gasteiger partial charge in [0.05, 0.1) is 0 Å². The molecule has 0 aliphatic carbocycles. The van der Waals surface area contributed by atoms with Gasteiger partial charge in [0.1, 0.15) is 11.2 Å². The Hall–Kier alpha value is -5.66. The molecule has 0 fully saturated rings. The maximum absolute atomic E-state index is 6.33. The van der Waals surface area contributed by atoms with Crippen molar-refractivity contribution >= 4 is 54.3 Å². The molecule has 0 aliphatic rings.